The second-order valence-electron chi connectivity index (χ2n) is 7.65. The van der Waals surface area contributed by atoms with Gasteiger partial charge in [-0.3, -0.25) is 9.48 Å². The summed E-state index contributed by atoms with van der Waals surface area (Å²) in [6.07, 6.45) is 3.77. The van der Waals surface area contributed by atoms with Gasteiger partial charge in [0, 0.05) is 6.20 Å². The number of hydrogen-bond donors (Lipinski definition) is 0. The summed E-state index contributed by atoms with van der Waals surface area (Å²) in [5.41, 5.74) is 3.56. The van der Waals surface area contributed by atoms with Crippen molar-refractivity contribution < 1.29 is 13.6 Å². The molecule has 1 atom stereocenters. The number of nitrogens with zero attached hydrogens (tertiary/aromatic N) is 2. The predicted molar refractivity (Wildman–Crippen MR) is 103 cm³/mol. The molecule has 1 heterocycles. The van der Waals surface area contributed by atoms with Gasteiger partial charge in [0.1, 0.15) is 17.4 Å². The molecule has 144 valence electrons. The SMILES string of the molecule is CC(=O)C1(c2cccc(F)c2C)CCc2nn(Cc3ccc(F)cc3)cc2C1. The summed E-state index contributed by atoms with van der Waals surface area (Å²) in [5.74, 6) is -0.491. The quantitative estimate of drug-likeness (QED) is 0.666. The molecule has 0 N–H and O–H groups in total. The normalized spacial score (nSPS) is 18.7. The maximum Gasteiger partial charge on any atom is 0.140 e. The Kier molecular flexibility index (Phi) is 4.61. The average Bonchev–Trinajstić information content (AvgIpc) is 3.06. The summed E-state index contributed by atoms with van der Waals surface area (Å²) >= 11 is 0. The molecular weight excluding hydrogens is 358 g/mol. The van der Waals surface area contributed by atoms with E-state index in [4.69, 9.17) is 0 Å². The Morgan fingerprint density at radius 3 is 2.64 bits per heavy atom. The molecule has 0 bridgehead atoms. The summed E-state index contributed by atoms with van der Waals surface area (Å²) in [4.78, 5) is 12.7. The second-order valence-corrected chi connectivity index (χ2v) is 7.65. The van der Waals surface area contributed by atoms with E-state index < -0.39 is 5.41 Å². The first-order valence-corrected chi connectivity index (χ1v) is 9.45. The second kappa shape index (κ2) is 6.97. The molecule has 1 aromatic heterocycles. The van der Waals surface area contributed by atoms with Gasteiger partial charge in [-0.05, 0) is 73.6 Å². The Morgan fingerprint density at radius 1 is 1.18 bits per heavy atom. The number of rotatable bonds is 4. The van der Waals surface area contributed by atoms with Gasteiger partial charge in [-0.15, -0.1) is 0 Å². The summed E-state index contributed by atoms with van der Waals surface area (Å²) in [6.45, 7) is 3.88. The molecule has 1 aliphatic rings. The first-order valence-electron chi connectivity index (χ1n) is 9.45. The van der Waals surface area contributed by atoms with Crippen LogP contribution in [-0.2, 0) is 29.6 Å². The largest absolute Gasteiger partial charge is 0.299 e. The van der Waals surface area contributed by atoms with E-state index in [9.17, 15) is 13.6 Å². The highest BCUT2D eigenvalue weighted by Gasteiger charge is 2.42. The minimum absolute atomic E-state index is 0.0538. The Balaban J connectivity index is 1.67. The molecule has 0 radical (unpaired) electrons. The lowest BCUT2D eigenvalue weighted by Crippen LogP contribution is -2.40. The van der Waals surface area contributed by atoms with Crippen LogP contribution in [0.4, 0.5) is 8.78 Å². The van der Waals surface area contributed by atoms with Crippen molar-refractivity contribution in [3.8, 4) is 0 Å². The first-order chi connectivity index (χ1) is 13.4. The van der Waals surface area contributed by atoms with Gasteiger partial charge in [-0.2, -0.15) is 5.10 Å². The van der Waals surface area contributed by atoms with E-state index in [-0.39, 0.29) is 17.4 Å². The summed E-state index contributed by atoms with van der Waals surface area (Å²) in [7, 11) is 0. The van der Waals surface area contributed by atoms with Gasteiger partial charge in [0.05, 0.1) is 17.7 Å². The zero-order valence-corrected chi connectivity index (χ0v) is 16.0. The summed E-state index contributed by atoms with van der Waals surface area (Å²) < 4.78 is 29.1. The van der Waals surface area contributed by atoms with Crippen LogP contribution < -0.4 is 0 Å². The number of halogens is 2. The van der Waals surface area contributed by atoms with Gasteiger partial charge in [0.15, 0.2) is 0 Å². The molecule has 5 heteroatoms. The van der Waals surface area contributed by atoms with Crippen molar-refractivity contribution in [1.29, 1.82) is 0 Å². The monoisotopic (exact) mass is 380 g/mol. The Bertz CT molecular complexity index is 1040. The fourth-order valence-corrected chi connectivity index (χ4v) is 4.31. The molecule has 4 rings (SSSR count). The minimum atomic E-state index is -0.719. The van der Waals surface area contributed by atoms with Crippen LogP contribution >= 0.6 is 0 Å². The first kappa shape index (κ1) is 18.5. The third-order valence-corrected chi connectivity index (χ3v) is 5.92. The molecule has 0 amide bonds. The van der Waals surface area contributed by atoms with Crippen molar-refractivity contribution >= 4 is 5.78 Å². The zero-order valence-electron chi connectivity index (χ0n) is 16.0. The number of hydrogen-bond acceptors (Lipinski definition) is 2. The van der Waals surface area contributed by atoms with Crippen LogP contribution in [0.25, 0.3) is 0 Å². The fraction of sp³-hybridized carbons (Fsp3) is 0.304. The highest BCUT2D eigenvalue weighted by atomic mass is 19.1. The smallest absolute Gasteiger partial charge is 0.140 e. The maximum absolute atomic E-state index is 14.2. The van der Waals surface area contributed by atoms with E-state index in [0.717, 1.165) is 22.4 Å². The van der Waals surface area contributed by atoms with Crippen LogP contribution in [0.1, 0.15) is 41.3 Å². The van der Waals surface area contributed by atoms with Crippen LogP contribution in [0.3, 0.4) is 0 Å². The molecule has 1 aliphatic carbocycles. The number of aromatic nitrogens is 2. The maximum atomic E-state index is 14.2. The highest BCUT2D eigenvalue weighted by molar-refractivity contribution is 5.89. The van der Waals surface area contributed by atoms with Crippen LogP contribution in [-0.4, -0.2) is 15.6 Å². The van der Waals surface area contributed by atoms with Gasteiger partial charge >= 0.3 is 0 Å². The van der Waals surface area contributed by atoms with E-state index in [1.165, 1.54) is 18.2 Å². The number of ketones is 1. The molecule has 1 unspecified atom stereocenters. The van der Waals surface area contributed by atoms with Crippen molar-refractivity contribution in [3.63, 3.8) is 0 Å². The lowest BCUT2D eigenvalue weighted by atomic mass is 9.65. The topological polar surface area (TPSA) is 34.9 Å². The Morgan fingerprint density at radius 2 is 1.93 bits per heavy atom. The highest BCUT2D eigenvalue weighted by Crippen LogP contribution is 2.41. The predicted octanol–water partition coefficient (Wildman–Crippen LogP) is 4.53. The number of aryl methyl sites for hydroxylation is 1. The van der Waals surface area contributed by atoms with Crippen molar-refractivity contribution in [2.24, 2.45) is 0 Å². The third kappa shape index (κ3) is 3.15. The van der Waals surface area contributed by atoms with Gasteiger partial charge in [0.2, 0.25) is 0 Å². The molecule has 0 aliphatic heterocycles. The number of carbonyl (C=O) groups is 1. The third-order valence-electron chi connectivity index (χ3n) is 5.92. The Labute approximate surface area is 163 Å². The molecule has 3 aromatic rings. The average molecular weight is 380 g/mol. The van der Waals surface area contributed by atoms with Crippen molar-refractivity contribution in [2.45, 2.75) is 45.1 Å². The van der Waals surface area contributed by atoms with Crippen LogP contribution in [0, 0.1) is 18.6 Å². The minimum Gasteiger partial charge on any atom is -0.299 e. The Hall–Kier alpha value is -2.82. The van der Waals surface area contributed by atoms with E-state index >= 15 is 0 Å². The number of carbonyl (C=O) groups excluding carboxylic acids is 1. The number of fused-ring (bicyclic) bond motifs is 1. The molecule has 0 spiro atoms. The van der Waals surface area contributed by atoms with E-state index in [2.05, 4.69) is 5.10 Å². The lowest BCUT2D eigenvalue weighted by Gasteiger charge is -2.36. The number of benzene rings is 2. The van der Waals surface area contributed by atoms with Gasteiger partial charge in [0.25, 0.3) is 0 Å². The molecule has 3 nitrogen and oxygen atoms in total. The van der Waals surface area contributed by atoms with Gasteiger partial charge < -0.3 is 0 Å². The summed E-state index contributed by atoms with van der Waals surface area (Å²) in [5, 5.41) is 4.66. The van der Waals surface area contributed by atoms with E-state index in [1.54, 1.807) is 32.0 Å². The number of Topliss-reactive ketones (excluding diaryl/α,β-unsaturated/α-hetero) is 1. The lowest BCUT2D eigenvalue weighted by molar-refractivity contribution is -0.123. The van der Waals surface area contributed by atoms with Crippen LogP contribution in [0.5, 0.6) is 0 Å². The van der Waals surface area contributed by atoms with E-state index in [0.29, 0.717) is 31.4 Å². The summed E-state index contributed by atoms with van der Waals surface area (Å²) in [6, 6.07) is 11.3. The van der Waals surface area contributed by atoms with Gasteiger partial charge in [-0.25, -0.2) is 8.78 Å². The molecule has 0 saturated carbocycles. The molecule has 0 fully saturated rings. The molecule has 0 saturated heterocycles. The fourth-order valence-electron chi connectivity index (χ4n) is 4.31. The molecule has 2 aromatic carbocycles. The standard InChI is InChI=1S/C23H22F2N2O/c1-15-20(4-3-5-21(15)25)23(16(2)28)11-10-22-18(12-23)14-27(26-22)13-17-6-8-19(24)9-7-17/h3-9,14H,10-13H2,1-2H3. The van der Waals surface area contributed by atoms with Crippen molar-refractivity contribution in [2.75, 3.05) is 0 Å². The molecule has 28 heavy (non-hydrogen) atoms. The van der Waals surface area contributed by atoms with Crippen molar-refractivity contribution in [1.82, 2.24) is 9.78 Å². The van der Waals surface area contributed by atoms with Crippen LogP contribution in [0.15, 0.2) is 48.7 Å². The molecular formula is C23H22F2N2O. The van der Waals surface area contributed by atoms with Crippen molar-refractivity contribution in [3.05, 3.63) is 88.2 Å². The van der Waals surface area contributed by atoms with Crippen LogP contribution in [0.2, 0.25) is 0 Å². The van der Waals surface area contributed by atoms with Gasteiger partial charge in [-0.1, -0.05) is 24.3 Å². The van der Waals surface area contributed by atoms with E-state index in [1.807, 2.05) is 16.9 Å². The zero-order chi connectivity index (χ0) is 19.9.